The first-order chi connectivity index (χ1) is 14.7. The smallest absolute Gasteiger partial charge is 0.320 e. The van der Waals surface area contributed by atoms with Crippen LogP contribution in [0, 0.1) is 0 Å². The Morgan fingerprint density at radius 2 is 1.27 bits per heavy atom. The molecule has 5 heteroatoms. The molecule has 0 radical (unpaired) electrons. The highest BCUT2D eigenvalue weighted by Gasteiger charge is 2.23. The van der Waals surface area contributed by atoms with Gasteiger partial charge in [-0.05, 0) is 29.1 Å². The van der Waals surface area contributed by atoms with Crippen LogP contribution in [0.5, 0.6) is 0 Å². The van der Waals surface area contributed by atoms with Crippen LogP contribution in [0.4, 0.5) is 16.2 Å². The highest BCUT2D eigenvalue weighted by atomic mass is 16.2. The van der Waals surface area contributed by atoms with Crippen LogP contribution in [0.2, 0.25) is 0 Å². The highest BCUT2D eigenvalue weighted by molar-refractivity contribution is 6.04. The van der Waals surface area contributed by atoms with Gasteiger partial charge in [0, 0.05) is 11.1 Å². The van der Waals surface area contributed by atoms with Gasteiger partial charge < -0.3 is 16.0 Å². The molecule has 148 valence electrons. The molecule has 30 heavy (non-hydrogen) atoms. The van der Waals surface area contributed by atoms with Gasteiger partial charge in [-0.2, -0.15) is 0 Å². The number of anilines is 2. The van der Waals surface area contributed by atoms with Gasteiger partial charge in [-0.3, -0.25) is 4.79 Å². The van der Waals surface area contributed by atoms with Crippen molar-refractivity contribution in [2.75, 3.05) is 10.6 Å². The van der Waals surface area contributed by atoms with Crippen molar-refractivity contribution >= 4 is 34.1 Å². The zero-order valence-corrected chi connectivity index (χ0v) is 16.2. The van der Waals surface area contributed by atoms with Crippen LogP contribution >= 0.6 is 0 Å². The summed E-state index contributed by atoms with van der Waals surface area (Å²) in [5, 5.41) is 10.5. The van der Waals surface area contributed by atoms with Crippen LogP contribution in [0.25, 0.3) is 10.8 Å². The van der Waals surface area contributed by atoms with E-state index < -0.39 is 12.1 Å². The van der Waals surface area contributed by atoms with Crippen molar-refractivity contribution < 1.29 is 9.59 Å². The summed E-state index contributed by atoms with van der Waals surface area (Å²) in [7, 11) is 0. The number of rotatable bonds is 5. The molecule has 0 fully saturated rings. The van der Waals surface area contributed by atoms with E-state index in [1.165, 1.54) is 0 Å². The molecule has 4 aromatic rings. The van der Waals surface area contributed by atoms with Crippen LogP contribution in [0.3, 0.4) is 0 Å². The number of nitrogens with one attached hydrogen (secondary N) is 3. The van der Waals surface area contributed by atoms with Crippen LogP contribution in [0.15, 0.2) is 103 Å². The number of carbonyl (C=O) groups excluding carboxylic acids is 2. The second kappa shape index (κ2) is 8.92. The number of hydrogen-bond donors (Lipinski definition) is 3. The van der Waals surface area contributed by atoms with Gasteiger partial charge in [0.1, 0.15) is 6.04 Å². The van der Waals surface area contributed by atoms with Crippen molar-refractivity contribution in [3.8, 4) is 0 Å². The molecule has 0 aliphatic rings. The van der Waals surface area contributed by atoms with Gasteiger partial charge >= 0.3 is 6.03 Å². The molecule has 0 heterocycles. The Hall–Kier alpha value is -4.12. The zero-order valence-electron chi connectivity index (χ0n) is 16.2. The number of hydrogen-bond acceptors (Lipinski definition) is 2. The molecule has 0 aromatic heterocycles. The van der Waals surface area contributed by atoms with Crippen LogP contribution < -0.4 is 16.0 Å². The van der Waals surface area contributed by atoms with E-state index in [1.807, 2.05) is 91.0 Å². The van der Waals surface area contributed by atoms with Gasteiger partial charge in [-0.15, -0.1) is 0 Å². The Labute approximate surface area is 174 Å². The molecular formula is C25H21N3O2. The lowest BCUT2D eigenvalue weighted by atomic mass is 10.1. The van der Waals surface area contributed by atoms with E-state index in [4.69, 9.17) is 0 Å². The highest BCUT2D eigenvalue weighted by Crippen LogP contribution is 2.23. The number of para-hydroxylation sites is 1. The van der Waals surface area contributed by atoms with E-state index in [0.29, 0.717) is 16.9 Å². The molecule has 4 rings (SSSR count). The maximum absolute atomic E-state index is 13.0. The lowest BCUT2D eigenvalue weighted by Gasteiger charge is -2.20. The van der Waals surface area contributed by atoms with Gasteiger partial charge in [-0.25, -0.2) is 4.79 Å². The molecule has 1 unspecified atom stereocenters. The number of carbonyl (C=O) groups is 2. The van der Waals surface area contributed by atoms with Crippen molar-refractivity contribution in [2.24, 2.45) is 0 Å². The van der Waals surface area contributed by atoms with E-state index in [0.717, 1.165) is 10.8 Å². The standard InChI is InChI=1S/C25H21N3O2/c29-24(26-20-14-5-2-6-15-20)23(19-11-3-1-4-12-19)28-25(30)27-22-17-9-13-18-10-7-8-16-21(18)22/h1-17,23H,(H,26,29)(H2,27,28,30). The quantitative estimate of drug-likeness (QED) is 0.427. The number of benzene rings is 4. The van der Waals surface area contributed by atoms with Gasteiger partial charge in [0.15, 0.2) is 0 Å². The first-order valence-electron chi connectivity index (χ1n) is 9.67. The predicted molar refractivity (Wildman–Crippen MR) is 120 cm³/mol. The third kappa shape index (κ3) is 4.47. The van der Waals surface area contributed by atoms with Crippen LogP contribution in [-0.4, -0.2) is 11.9 Å². The summed E-state index contributed by atoms with van der Waals surface area (Å²) in [6.07, 6.45) is 0. The molecule has 0 spiro atoms. The fourth-order valence-corrected chi connectivity index (χ4v) is 3.31. The molecule has 0 saturated carbocycles. The maximum Gasteiger partial charge on any atom is 0.320 e. The second-order valence-electron chi connectivity index (χ2n) is 6.82. The summed E-state index contributed by atoms with van der Waals surface area (Å²) in [4.78, 5) is 25.8. The van der Waals surface area contributed by atoms with Gasteiger partial charge in [-0.1, -0.05) is 84.9 Å². The van der Waals surface area contributed by atoms with Gasteiger partial charge in [0.2, 0.25) is 0 Å². The molecule has 5 nitrogen and oxygen atoms in total. The minimum atomic E-state index is -0.846. The normalized spacial score (nSPS) is 11.5. The lowest BCUT2D eigenvalue weighted by Crippen LogP contribution is -2.39. The fourth-order valence-electron chi connectivity index (χ4n) is 3.31. The summed E-state index contributed by atoms with van der Waals surface area (Å²) < 4.78 is 0. The average molecular weight is 395 g/mol. The molecular weight excluding hydrogens is 374 g/mol. The minimum Gasteiger partial charge on any atom is -0.324 e. The summed E-state index contributed by atoms with van der Waals surface area (Å²) in [6.45, 7) is 0. The zero-order chi connectivity index (χ0) is 20.8. The van der Waals surface area contributed by atoms with Gasteiger partial charge in [0.25, 0.3) is 5.91 Å². The average Bonchev–Trinajstić information content (AvgIpc) is 2.79. The molecule has 3 amide bonds. The molecule has 0 bridgehead atoms. The molecule has 0 aliphatic carbocycles. The van der Waals surface area contributed by atoms with Crippen molar-refractivity contribution in [3.05, 3.63) is 109 Å². The molecule has 3 N–H and O–H groups in total. The summed E-state index contributed by atoms with van der Waals surface area (Å²) in [5.74, 6) is -0.319. The van der Waals surface area contributed by atoms with Crippen molar-refractivity contribution in [2.45, 2.75) is 6.04 Å². The Bertz CT molecular complexity index is 1160. The third-order valence-electron chi connectivity index (χ3n) is 4.75. The van der Waals surface area contributed by atoms with E-state index >= 15 is 0 Å². The Kier molecular flexibility index (Phi) is 5.71. The second-order valence-corrected chi connectivity index (χ2v) is 6.82. The Morgan fingerprint density at radius 3 is 2.03 bits per heavy atom. The summed E-state index contributed by atoms with van der Waals surface area (Å²) in [5.41, 5.74) is 2.04. The van der Waals surface area contributed by atoms with E-state index in [2.05, 4.69) is 16.0 Å². The molecule has 0 aliphatic heterocycles. The van der Waals surface area contributed by atoms with Crippen molar-refractivity contribution in [3.63, 3.8) is 0 Å². The van der Waals surface area contributed by atoms with Crippen LogP contribution in [0.1, 0.15) is 11.6 Å². The first-order valence-corrected chi connectivity index (χ1v) is 9.67. The first kappa shape index (κ1) is 19.2. The molecule has 0 saturated heterocycles. The SMILES string of the molecule is O=C(Nc1cccc2ccccc12)NC(C(=O)Nc1ccccc1)c1ccccc1. The van der Waals surface area contributed by atoms with Crippen molar-refractivity contribution in [1.29, 1.82) is 0 Å². The predicted octanol–water partition coefficient (Wildman–Crippen LogP) is 5.34. The van der Waals surface area contributed by atoms with E-state index in [9.17, 15) is 9.59 Å². The Balaban J connectivity index is 1.55. The third-order valence-corrected chi connectivity index (χ3v) is 4.75. The number of fused-ring (bicyclic) bond motifs is 1. The number of urea groups is 1. The number of amides is 3. The fraction of sp³-hybridized carbons (Fsp3) is 0.0400. The molecule has 1 atom stereocenters. The lowest BCUT2D eigenvalue weighted by molar-refractivity contribution is -0.118. The van der Waals surface area contributed by atoms with Crippen molar-refractivity contribution in [1.82, 2.24) is 5.32 Å². The summed E-state index contributed by atoms with van der Waals surface area (Å²) in [6, 6.07) is 30.5. The topological polar surface area (TPSA) is 70.2 Å². The van der Waals surface area contributed by atoms with E-state index in [1.54, 1.807) is 12.1 Å². The van der Waals surface area contributed by atoms with Gasteiger partial charge in [0.05, 0.1) is 5.69 Å². The minimum absolute atomic E-state index is 0.319. The Morgan fingerprint density at radius 1 is 0.633 bits per heavy atom. The van der Waals surface area contributed by atoms with E-state index in [-0.39, 0.29) is 5.91 Å². The molecule has 4 aromatic carbocycles. The largest absolute Gasteiger partial charge is 0.324 e. The summed E-state index contributed by atoms with van der Waals surface area (Å²) >= 11 is 0. The van der Waals surface area contributed by atoms with Crippen LogP contribution in [-0.2, 0) is 4.79 Å². The monoisotopic (exact) mass is 395 g/mol. The maximum atomic E-state index is 13.0.